The second-order valence-electron chi connectivity index (χ2n) is 1.90. The molecule has 0 aromatic carbocycles. The van der Waals surface area contributed by atoms with E-state index < -0.39 is 18.4 Å². The minimum absolute atomic E-state index is 0.325. The number of esters is 2. The van der Waals surface area contributed by atoms with Gasteiger partial charge in [-0.2, -0.15) is 0 Å². The zero-order chi connectivity index (χ0) is 10.3. The maximum atomic E-state index is 10.6. The first kappa shape index (κ1) is 11.6. The molecule has 1 aliphatic rings. The van der Waals surface area contributed by atoms with Crippen LogP contribution in [0.25, 0.3) is 0 Å². The first-order valence-corrected chi connectivity index (χ1v) is 3.73. The molecule has 1 heterocycles. The van der Waals surface area contributed by atoms with Crippen LogP contribution in [0.1, 0.15) is 13.3 Å². The molecule has 0 aliphatic carbocycles. The molecule has 0 saturated carbocycles. The lowest BCUT2D eigenvalue weighted by atomic mass is 10.4. The molecular weight excluding hydrogens is 176 g/mol. The van der Waals surface area contributed by atoms with Gasteiger partial charge in [0.05, 0.1) is 6.61 Å². The van der Waals surface area contributed by atoms with Crippen molar-refractivity contribution in [3.05, 3.63) is 13.2 Å². The average Bonchev–Trinajstić information content (AvgIpc) is 2.06. The molecule has 5 nitrogen and oxygen atoms in total. The Labute approximate surface area is 76.3 Å². The predicted octanol–water partition coefficient (Wildman–Crippen LogP) is 0.599. The maximum Gasteiger partial charge on any atom is 0.365 e. The highest BCUT2D eigenvalue weighted by Crippen LogP contribution is 2.08. The lowest BCUT2D eigenvalue weighted by molar-refractivity contribution is -0.276. The number of carbonyl (C=O) groups excluding carboxylic acids is 2. The van der Waals surface area contributed by atoms with Crippen LogP contribution in [0.5, 0.6) is 0 Å². The van der Waals surface area contributed by atoms with E-state index >= 15 is 0 Å². The van der Waals surface area contributed by atoms with Crippen molar-refractivity contribution in [1.82, 2.24) is 0 Å². The van der Waals surface area contributed by atoms with Gasteiger partial charge in [0.1, 0.15) is 6.42 Å². The fraction of sp³-hybridized carbons (Fsp3) is 0.500. The van der Waals surface area contributed by atoms with Crippen LogP contribution in [0.3, 0.4) is 0 Å². The van der Waals surface area contributed by atoms with Gasteiger partial charge in [-0.05, 0) is 6.92 Å². The van der Waals surface area contributed by atoms with E-state index in [4.69, 9.17) is 4.74 Å². The number of hydrogen-bond donors (Lipinski definition) is 0. The molecule has 13 heavy (non-hydrogen) atoms. The van der Waals surface area contributed by atoms with E-state index in [1.165, 1.54) is 0 Å². The Hall–Kier alpha value is -1.36. The van der Waals surface area contributed by atoms with Crippen LogP contribution in [0, 0.1) is 0 Å². The first-order valence-electron chi connectivity index (χ1n) is 3.73. The maximum absolute atomic E-state index is 10.6. The Kier molecular flexibility index (Phi) is 5.54. The van der Waals surface area contributed by atoms with Crippen molar-refractivity contribution < 1.29 is 23.8 Å². The summed E-state index contributed by atoms with van der Waals surface area (Å²) in [5.74, 6) is -1.22. The van der Waals surface area contributed by atoms with E-state index in [1.54, 1.807) is 6.92 Å². The van der Waals surface area contributed by atoms with Gasteiger partial charge in [0.2, 0.25) is 0 Å². The van der Waals surface area contributed by atoms with Crippen molar-refractivity contribution in [1.29, 1.82) is 0 Å². The third kappa shape index (κ3) is 4.27. The van der Waals surface area contributed by atoms with Crippen molar-refractivity contribution in [3.8, 4) is 0 Å². The topological polar surface area (TPSA) is 61.8 Å². The number of carbonyl (C=O) groups is 2. The largest absolute Gasteiger partial charge is 0.400 e. The summed E-state index contributed by atoms with van der Waals surface area (Å²) in [5.41, 5.74) is 0. The second-order valence-corrected chi connectivity index (χ2v) is 1.90. The van der Waals surface area contributed by atoms with Crippen LogP contribution >= 0.6 is 0 Å². The van der Waals surface area contributed by atoms with Gasteiger partial charge in [0.15, 0.2) is 0 Å². The highest BCUT2D eigenvalue weighted by molar-refractivity contribution is 5.92. The average molecular weight is 188 g/mol. The first-order chi connectivity index (χ1) is 6.22. The molecule has 1 rings (SSSR count). The summed E-state index contributed by atoms with van der Waals surface area (Å²) >= 11 is 0. The molecule has 0 amide bonds. The van der Waals surface area contributed by atoms with Crippen molar-refractivity contribution in [2.75, 3.05) is 6.61 Å². The minimum atomic E-state index is -1.14. The molecule has 1 aliphatic heterocycles. The lowest BCUT2D eigenvalue weighted by Gasteiger charge is -2.20. The van der Waals surface area contributed by atoms with E-state index in [0.717, 1.165) is 0 Å². The van der Waals surface area contributed by atoms with Gasteiger partial charge in [0.25, 0.3) is 0 Å². The van der Waals surface area contributed by atoms with Crippen LogP contribution in [0.2, 0.25) is 0 Å². The summed E-state index contributed by atoms with van der Waals surface area (Å²) in [7, 11) is 0. The Balaban J connectivity index is 0.000000671. The second kappa shape index (κ2) is 6.19. The molecular formula is C8H12O5. The summed E-state index contributed by atoms with van der Waals surface area (Å²) in [5, 5.41) is 0. The fourth-order valence-corrected chi connectivity index (χ4v) is 0.644. The van der Waals surface area contributed by atoms with E-state index in [9.17, 15) is 9.59 Å². The van der Waals surface area contributed by atoms with Crippen LogP contribution in [0.15, 0.2) is 13.2 Å². The molecule has 0 aromatic rings. The normalized spacial score (nSPS) is 16.7. The molecule has 0 unspecified atom stereocenters. The van der Waals surface area contributed by atoms with E-state index in [0.29, 0.717) is 6.61 Å². The summed E-state index contributed by atoms with van der Waals surface area (Å²) in [6, 6.07) is 0. The monoisotopic (exact) mass is 188 g/mol. The third-order valence-electron chi connectivity index (χ3n) is 1.05. The Morgan fingerprint density at radius 1 is 1.38 bits per heavy atom. The van der Waals surface area contributed by atoms with Gasteiger partial charge < -0.3 is 14.2 Å². The summed E-state index contributed by atoms with van der Waals surface area (Å²) < 4.78 is 13.7. The number of ether oxygens (including phenoxy) is 3. The SMILES string of the molecule is C=C.CCOC1OC(=O)CC(=O)O1. The molecule has 1 fully saturated rings. The smallest absolute Gasteiger partial charge is 0.365 e. The van der Waals surface area contributed by atoms with Gasteiger partial charge in [-0.3, -0.25) is 9.59 Å². The molecule has 1 saturated heterocycles. The Bertz CT molecular complexity index is 173. The molecule has 0 bridgehead atoms. The van der Waals surface area contributed by atoms with Gasteiger partial charge >= 0.3 is 18.4 Å². The van der Waals surface area contributed by atoms with Gasteiger partial charge in [-0.15, -0.1) is 13.2 Å². The van der Waals surface area contributed by atoms with E-state index in [2.05, 4.69) is 22.6 Å². The van der Waals surface area contributed by atoms with Gasteiger partial charge in [-0.25, -0.2) is 0 Å². The lowest BCUT2D eigenvalue weighted by Crippen LogP contribution is -2.34. The Morgan fingerprint density at radius 3 is 2.23 bits per heavy atom. The summed E-state index contributed by atoms with van der Waals surface area (Å²) in [4.78, 5) is 21.1. The summed E-state index contributed by atoms with van der Waals surface area (Å²) in [6.07, 6.45) is -0.330. The molecule has 0 spiro atoms. The molecule has 0 aromatic heterocycles. The number of rotatable bonds is 2. The van der Waals surface area contributed by atoms with Crippen LogP contribution in [0.4, 0.5) is 0 Å². The van der Waals surface area contributed by atoms with E-state index in [-0.39, 0.29) is 6.42 Å². The van der Waals surface area contributed by atoms with Crippen molar-refractivity contribution in [3.63, 3.8) is 0 Å². The Morgan fingerprint density at radius 2 is 1.85 bits per heavy atom. The van der Waals surface area contributed by atoms with Crippen molar-refractivity contribution in [2.24, 2.45) is 0 Å². The quantitative estimate of drug-likeness (QED) is 0.360. The highest BCUT2D eigenvalue weighted by atomic mass is 16.9. The van der Waals surface area contributed by atoms with Crippen LogP contribution in [-0.4, -0.2) is 25.0 Å². The van der Waals surface area contributed by atoms with E-state index in [1.807, 2.05) is 0 Å². The molecule has 74 valence electrons. The number of cyclic esters (lactones) is 2. The van der Waals surface area contributed by atoms with Crippen LogP contribution in [-0.2, 0) is 23.8 Å². The molecule has 0 atom stereocenters. The zero-order valence-corrected chi connectivity index (χ0v) is 7.45. The molecule has 5 heteroatoms. The minimum Gasteiger partial charge on any atom is -0.400 e. The summed E-state index contributed by atoms with van der Waals surface area (Å²) in [6.45, 7) is 6.88. The zero-order valence-electron chi connectivity index (χ0n) is 7.45. The number of hydrogen-bond acceptors (Lipinski definition) is 5. The van der Waals surface area contributed by atoms with Gasteiger partial charge in [0, 0.05) is 0 Å². The molecule has 0 N–H and O–H groups in total. The highest BCUT2D eigenvalue weighted by Gasteiger charge is 2.27. The van der Waals surface area contributed by atoms with Gasteiger partial charge in [-0.1, -0.05) is 0 Å². The predicted molar refractivity (Wildman–Crippen MR) is 43.5 cm³/mol. The van der Waals surface area contributed by atoms with Crippen molar-refractivity contribution >= 4 is 11.9 Å². The third-order valence-corrected chi connectivity index (χ3v) is 1.05. The molecule has 0 radical (unpaired) electrons. The fourth-order valence-electron chi connectivity index (χ4n) is 0.644. The van der Waals surface area contributed by atoms with Crippen molar-refractivity contribution in [2.45, 2.75) is 19.8 Å². The van der Waals surface area contributed by atoms with Crippen LogP contribution < -0.4 is 0 Å². The standard InChI is InChI=1S/C6H8O5.C2H4/c1-2-9-6-10-4(7)3-5(8)11-6;1-2/h6H,2-3H2,1H3;1-2H2.